The summed E-state index contributed by atoms with van der Waals surface area (Å²) in [5.41, 5.74) is 0. The summed E-state index contributed by atoms with van der Waals surface area (Å²) in [6.07, 6.45) is 21.5. The first-order valence-electron chi connectivity index (χ1n) is 12.9. The third-order valence-corrected chi connectivity index (χ3v) is 6.64. The summed E-state index contributed by atoms with van der Waals surface area (Å²) in [6, 6.07) is 0. The van der Waals surface area contributed by atoms with Gasteiger partial charge >= 0.3 is 0 Å². The lowest BCUT2D eigenvalue weighted by Gasteiger charge is -2.23. The van der Waals surface area contributed by atoms with Crippen molar-refractivity contribution in [1.82, 2.24) is 0 Å². The molecule has 0 aromatic rings. The van der Waals surface area contributed by atoms with Crippen molar-refractivity contribution in [3.63, 3.8) is 0 Å². The van der Waals surface area contributed by atoms with Crippen LogP contribution in [0, 0.1) is 29.6 Å². The van der Waals surface area contributed by atoms with E-state index in [1.54, 1.807) is 0 Å². The normalized spacial score (nSPS) is 17.4. The van der Waals surface area contributed by atoms with E-state index in [-0.39, 0.29) is 0 Å². The molecule has 0 aromatic carbocycles. The predicted molar refractivity (Wildman–Crippen MR) is 126 cm³/mol. The number of rotatable bonds is 19. The van der Waals surface area contributed by atoms with E-state index in [0.717, 1.165) is 29.6 Å². The third kappa shape index (κ3) is 17.8. The Labute approximate surface area is 174 Å². The highest BCUT2D eigenvalue weighted by Gasteiger charge is 2.14. The summed E-state index contributed by atoms with van der Waals surface area (Å²) in [5.74, 6) is 4.62. The maximum absolute atomic E-state index is 2.50. The molecule has 0 N–H and O–H groups in total. The van der Waals surface area contributed by atoms with Crippen LogP contribution in [0.2, 0.25) is 0 Å². The van der Waals surface area contributed by atoms with Crippen molar-refractivity contribution in [3.05, 3.63) is 0 Å². The fraction of sp³-hybridized carbons (Fsp3) is 1.00. The van der Waals surface area contributed by atoms with E-state index in [0.29, 0.717) is 0 Å². The van der Waals surface area contributed by atoms with E-state index in [4.69, 9.17) is 0 Å². The second-order valence-electron chi connectivity index (χ2n) is 10.5. The minimum atomic E-state index is 0.909. The molecule has 0 bridgehead atoms. The van der Waals surface area contributed by atoms with Crippen LogP contribution in [0.15, 0.2) is 0 Å². The van der Waals surface area contributed by atoms with Crippen LogP contribution in [0.4, 0.5) is 0 Å². The van der Waals surface area contributed by atoms with Crippen molar-refractivity contribution in [2.75, 3.05) is 0 Å². The summed E-state index contributed by atoms with van der Waals surface area (Å²) < 4.78 is 0. The Balaban J connectivity index is 3.65. The second-order valence-corrected chi connectivity index (χ2v) is 10.5. The van der Waals surface area contributed by atoms with Crippen molar-refractivity contribution in [1.29, 1.82) is 0 Å². The molecule has 0 aliphatic carbocycles. The molecule has 164 valence electrons. The monoisotopic (exact) mass is 380 g/mol. The standard InChI is InChI=1S/C27H56/c1-8-10-11-13-17-23(3)18-14-12-15-19-25(5)21-27(7)22-26(6)20-24(4)16-9-2/h23-27H,8-22H2,1-7H3/t23?,24-,25-,26+,27+/m1/s1. The van der Waals surface area contributed by atoms with Gasteiger partial charge in [-0.25, -0.2) is 0 Å². The number of hydrogen-bond donors (Lipinski definition) is 0. The summed E-state index contributed by atoms with van der Waals surface area (Å²) in [5, 5.41) is 0. The predicted octanol–water partition coefficient (Wildman–Crippen LogP) is 10.1. The van der Waals surface area contributed by atoms with Gasteiger partial charge in [0, 0.05) is 0 Å². The Hall–Kier alpha value is 0. The van der Waals surface area contributed by atoms with Gasteiger partial charge in [-0.1, -0.05) is 126 Å². The highest BCUT2D eigenvalue weighted by molar-refractivity contribution is 4.66. The zero-order valence-corrected chi connectivity index (χ0v) is 20.5. The largest absolute Gasteiger partial charge is 0.0654 e. The number of hydrogen-bond acceptors (Lipinski definition) is 0. The molecular formula is C27H56. The molecule has 0 rings (SSSR count). The molecule has 0 heterocycles. The smallest absolute Gasteiger partial charge is 0.0438 e. The molecule has 1 unspecified atom stereocenters. The molecule has 0 fully saturated rings. The topological polar surface area (TPSA) is 0 Å². The van der Waals surface area contributed by atoms with Gasteiger partial charge in [0.15, 0.2) is 0 Å². The van der Waals surface area contributed by atoms with Crippen LogP contribution in [-0.4, -0.2) is 0 Å². The first-order valence-corrected chi connectivity index (χ1v) is 12.9. The highest BCUT2D eigenvalue weighted by atomic mass is 14.2. The quantitative estimate of drug-likeness (QED) is 0.195. The molecule has 0 saturated carbocycles. The van der Waals surface area contributed by atoms with E-state index < -0.39 is 0 Å². The molecule has 0 spiro atoms. The molecule has 0 nitrogen and oxygen atoms in total. The Morgan fingerprint density at radius 1 is 0.370 bits per heavy atom. The average molecular weight is 381 g/mol. The molecule has 0 amide bonds. The van der Waals surface area contributed by atoms with Crippen LogP contribution in [0.25, 0.3) is 0 Å². The van der Waals surface area contributed by atoms with E-state index in [9.17, 15) is 0 Å². The summed E-state index contributed by atoms with van der Waals surface area (Å²) in [7, 11) is 0. The summed E-state index contributed by atoms with van der Waals surface area (Å²) in [4.78, 5) is 0. The average Bonchev–Trinajstić information content (AvgIpc) is 2.58. The van der Waals surface area contributed by atoms with Crippen LogP contribution in [0.3, 0.4) is 0 Å². The highest BCUT2D eigenvalue weighted by Crippen LogP contribution is 2.27. The van der Waals surface area contributed by atoms with Crippen molar-refractivity contribution in [2.45, 2.75) is 145 Å². The van der Waals surface area contributed by atoms with Gasteiger partial charge in [0.1, 0.15) is 0 Å². The Kier molecular flexibility index (Phi) is 18.1. The van der Waals surface area contributed by atoms with Crippen molar-refractivity contribution >= 4 is 0 Å². The van der Waals surface area contributed by atoms with Gasteiger partial charge < -0.3 is 0 Å². The van der Waals surface area contributed by atoms with Gasteiger partial charge in [0.05, 0.1) is 0 Å². The van der Waals surface area contributed by atoms with Crippen LogP contribution in [0.1, 0.15) is 145 Å². The van der Waals surface area contributed by atoms with Gasteiger partial charge in [0.25, 0.3) is 0 Å². The van der Waals surface area contributed by atoms with Gasteiger partial charge in [-0.3, -0.25) is 0 Å². The van der Waals surface area contributed by atoms with E-state index >= 15 is 0 Å². The fourth-order valence-corrected chi connectivity index (χ4v) is 5.21. The van der Waals surface area contributed by atoms with E-state index in [2.05, 4.69) is 48.5 Å². The van der Waals surface area contributed by atoms with Crippen LogP contribution in [-0.2, 0) is 0 Å². The van der Waals surface area contributed by atoms with Gasteiger partial charge in [-0.15, -0.1) is 0 Å². The lowest BCUT2D eigenvalue weighted by atomic mass is 9.83. The maximum Gasteiger partial charge on any atom is -0.0438 e. The minimum absolute atomic E-state index is 0.909. The fourth-order valence-electron chi connectivity index (χ4n) is 5.21. The zero-order valence-electron chi connectivity index (χ0n) is 20.5. The van der Waals surface area contributed by atoms with Crippen LogP contribution < -0.4 is 0 Å². The first kappa shape index (κ1) is 27.0. The first-order chi connectivity index (χ1) is 12.9. The lowest BCUT2D eigenvalue weighted by molar-refractivity contribution is 0.293. The molecule has 0 radical (unpaired) electrons. The van der Waals surface area contributed by atoms with Gasteiger partial charge in [0.2, 0.25) is 0 Å². The van der Waals surface area contributed by atoms with Crippen LogP contribution >= 0.6 is 0 Å². The maximum atomic E-state index is 2.50. The Morgan fingerprint density at radius 3 is 1.26 bits per heavy atom. The molecule has 0 aliphatic rings. The third-order valence-electron chi connectivity index (χ3n) is 6.64. The van der Waals surface area contributed by atoms with Crippen molar-refractivity contribution < 1.29 is 0 Å². The molecule has 0 heteroatoms. The molecular weight excluding hydrogens is 324 g/mol. The zero-order chi connectivity index (χ0) is 20.5. The molecule has 0 aliphatic heterocycles. The lowest BCUT2D eigenvalue weighted by Crippen LogP contribution is -2.10. The number of unbranched alkanes of at least 4 members (excludes halogenated alkanes) is 5. The molecule has 0 aromatic heterocycles. The second kappa shape index (κ2) is 18.1. The summed E-state index contributed by atoms with van der Waals surface area (Å²) in [6.45, 7) is 17.0. The van der Waals surface area contributed by atoms with E-state index in [1.807, 2.05) is 0 Å². The van der Waals surface area contributed by atoms with Gasteiger partial charge in [-0.05, 0) is 48.9 Å². The summed E-state index contributed by atoms with van der Waals surface area (Å²) >= 11 is 0. The molecule has 5 atom stereocenters. The minimum Gasteiger partial charge on any atom is -0.0654 e. The molecule has 0 saturated heterocycles. The Bertz CT molecular complexity index is 294. The van der Waals surface area contributed by atoms with E-state index in [1.165, 1.54) is 96.3 Å². The van der Waals surface area contributed by atoms with Crippen molar-refractivity contribution in [3.8, 4) is 0 Å². The molecule has 27 heavy (non-hydrogen) atoms. The van der Waals surface area contributed by atoms with Gasteiger partial charge in [-0.2, -0.15) is 0 Å². The van der Waals surface area contributed by atoms with Crippen molar-refractivity contribution in [2.24, 2.45) is 29.6 Å². The Morgan fingerprint density at radius 2 is 0.778 bits per heavy atom. The van der Waals surface area contributed by atoms with Crippen LogP contribution in [0.5, 0.6) is 0 Å². The SMILES string of the molecule is CCCCCCC(C)CCCCC[C@@H](C)C[C@H](C)C[C@@H](C)C[C@H](C)CCC.